The van der Waals surface area contributed by atoms with Crippen molar-refractivity contribution in [2.45, 2.75) is 39.7 Å². The minimum absolute atomic E-state index is 1.08. The van der Waals surface area contributed by atoms with Crippen molar-refractivity contribution in [1.82, 2.24) is 9.55 Å². The summed E-state index contributed by atoms with van der Waals surface area (Å²) in [5.74, 6) is 1.10. The predicted octanol–water partition coefficient (Wildman–Crippen LogP) is 3.14. The SMILES string of the molecule is CCCCCn1c(Br)cnc1C. The Balaban J connectivity index is 2.50. The highest BCUT2D eigenvalue weighted by atomic mass is 79.9. The van der Waals surface area contributed by atoms with Gasteiger partial charge in [-0.25, -0.2) is 4.98 Å². The monoisotopic (exact) mass is 230 g/mol. The van der Waals surface area contributed by atoms with Crippen molar-refractivity contribution in [3.8, 4) is 0 Å². The number of unbranched alkanes of at least 4 members (excludes halogenated alkanes) is 2. The van der Waals surface area contributed by atoms with Crippen LogP contribution in [0.3, 0.4) is 0 Å². The van der Waals surface area contributed by atoms with E-state index >= 15 is 0 Å². The van der Waals surface area contributed by atoms with Crippen molar-refractivity contribution < 1.29 is 0 Å². The van der Waals surface area contributed by atoms with Gasteiger partial charge in [0.1, 0.15) is 10.4 Å². The van der Waals surface area contributed by atoms with Crippen LogP contribution in [0, 0.1) is 6.92 Å². The molecule has 0 spiro atoms. The standard InChI is InChI=1S/C9H15BrN2/c1-3-4-5-6-12-8(2)11-7-9(12)10/h7H,3-6H2,1-2H3. The number of halogens is 1. The number of hydrogen-bond donors (Lipinski definition) is 0. The molecule has 0 bridgehead atoms. The fourth-order valence-corrected chi connectivity index (χ4v) is 1.77. The molecule has 1 heterocycles. The van der Waals surface area contributed by atoms with Crippen molar-refractivity contribution in [2.24, 2.45) is 0 Å². The van der Waals surface area contributed by atoms with Gasteiger partial charge in [0.25, 0.3) is 0 Å². The first-order valence-corrected chi connectivity index (χ1v) is 5.22. The molecule has 0 radical (unpaired) electrons. The molecule has 1 rings (SSSR count). The molecule has 2 nitrogen and oxygen atoms in total. The zero-order valence-corrected chi connectivity index (χ0v) is 9.26. The second-order valence-electron chi connectivity index (χ2n) is 2.99. The highest BCUT2D eigenvalue weighted by molar-refractivity contribution is 9.10. The van der Waals surface area contributed by atoms with Gasteiger partial charge in [-0.15, -0.1) is 0 Å². The highest BCUT2D eigenvalue weighted by Crippen LogP contribution is 2.13. The van der Waals surface area contributed by atoms with E-state index in [2.05, 4.69) is 32.4 Å². The van der Waals surface area contributed by atoms with E-state index in [1.807, 2.05) is 13.1 Å². The molecule has 0 aromatic carbocycles. The van der Waals surface area contributed by atoms with Crippen LogP contribution in [-0.4, -0.2) is 9.55 Å². The van der Waals surface area contributed by atoms with Gasteiger partial charge in [0.15, 0.2) is 0 Å². The number of aromatic nitrogens is 2. The largest absolute Gasteiger partial charge is 0.323 e. The molecular weight excluding hydrogens is 216 g/mol. The zero-order chi connectivity index (χ0) is 8.97. The molecule has 0 N–H and O–H groups in total. The molecule has 0 saturated heterocycles. The van der Waals surface area contributed by atoms with E-state index < -0.39 is 0 Å². The molecule has 0 aliphatic rings. The Morgan fingerprint density at radius 3 is 2.75 bits per heavy atom. The fraction of sp³-hybridized carbons (Fsp3) is 0.667. The van der Waals surface area contributed by atoms with Crippen LogP contribution in [0.5, 0.6) is 0 Å². The van der Waals surface area contributed by atoms with Crippen molar-refractivity contribution in [2.75, 3.05) is 0 Å². The highest BCUT2D eigenvalue weighted by Gasteiger charge is 2.01. The maximum absolute atomic E-state index is 4.21. The Kier molecular flexibility index (Phi) is 3.79. The van der Waals surface area contributed by atoms with Crippen molar-refractivity contribution in [1.29, 1.82) is 0 Å². The topological polar surface area (TPSA) is 17.8 Å². The Morgan fingerprint density at radius 2 is 2.25 bits per heavy atom. The molecule has 0 atom stereocenters. The third-order valence-electron chi connectivity index (χ3n) is 1.99. The summed E-state index contributed by atoms with van der Waals surface area (Å²) in [6, 6.07) is 0. The second kappa shape index (κ2) is 4.65. The summed E-state index contributed by atoms with van der Waals surface area (Å²) < 4.78 is 3.30. The van der Waals surface area contributed by atoms with Crippen LogP contribution in [0.15, 0.2) is 10.8 Å². The van der Waals surface area contributed by atoms with Gasteiger partial charge in [-0.2, -0.15) is 0 Å². The molecule has 68 valence electrons. The van der Waals surface area contributed by atoms with Gasteiger partial charge < -0.3 is 4.57 Å². The van der Waals surface area contributed by atoms with E-state index in [0.717, 1.165) is 17.0 Å². The number of nitrogens with zero attached hydrogens (tertiary/aromatic N) is 2. The van der Waals surface area contributed by atoms with Crippen LogP contribution in [0.1, 0.15) is 32.0 Å². The van der Waals surface area contributed by atoms with Gasteiger partial charge in [0.05, 0.1) is 6.20 Å². The lowest BCUT2D eigenvalue weighted by molar-refractivity contribution is 0.583. The molecule has 0 unspecified atom stereocenters. The summed E-state index contributed by atoms with van der Waals surface area (Å²) >= 11 is 3.47. The predicted molar refractivity (Wildman–Crippen MR) is 54.2 cm³/mol. The van der Waals surface area contributed by atoms with Gasteiger partial charge in [-0.3, -0.25) is 0 Å². The number of aryl methyl sites for hydroxylation is 1. The van der Waals surface area contributed by atoms with Gasteiger partial charge in [-0.1, -0.05) is 19.8 Å². The smallest absolute Gasteiger partial charge is 0.106 e. The fourth-order valence-electron chi connectivity index (χ4n) is 1.23. The van der Waals surface area contributed by atoms with Gasteiger partial charge in [-0.05, 0) is 29.3 Å². The zero-order valence-electron chi connectivity index (χ0n) is 7.68. The van der Waals surface area contributed by atoms with E-state index in [-0.39, 0.29) is 0 Å². The molecule has 0 fully saturated rings. The average Bonchev–Trinajstić information content (AvgIpc) is 2.35. The first-order valence-electron chi connectivity index (χ1n) is 4.43. The van der Waals surface area contributed by atoms with Crippen molar-refractivity contribution in [3.05, 3.63) is 16.6 Å². The van der Waals surface area contributed by atoms with Crippen LogP contribution in [0.25, 0.3) is 0 Å². The summed E-state index contributed by atoms with van der Waals surface area (Å²) in [7, 11) is 0. The summed E-state index contributed by atoms with van der Waals surface area (Å²) in [5.41, 5.74) is 0. The van der Waals surface area contributed by atoms with Gasteiger partial charge in [0, 0.05) is 6.54 Å². The molecule has 0 aliphatic carbocycles. The normalized spacial score (nSPS) is 10.6. The molecule has 12 heavy (non-hydrogen) atoms. The second-order valence-corrected chi connectivity index (χ2v) is 3.80. The van der Waals surface area contributed by atoms with E-state index in [1.165, 1.54) is 19.3 Å². The third-order valence-corrected chi connectivity index (χ3v) is 2.62. The first-order chi connectivity index (χ1) is 5.75. The van der Waals surface area contributed by atoms with Crippen LogP contribution in [-0.2, 0) is 6.54 Å². The number of hydrogen-bond acceptors (Lipinski definition) is 1. The van der Waals surface area contributed by atoms with Crippen LogP contribution >= 0.6 is 15.9 Å². The van der Waals surface area contributed by atoms with Crippen LogP contribution in [0.4, 0.5) is 0 Å². The minimum Gasteiger partial charge on any atom is -0.323 e. The maximum atomic E-state index is 4.21. The number of rotatable bonds is 4. The molecular formula is C9H15BrN2. The van der Waals surface area contributed by atoms with Crippen LogP contribution in [0.2, 0.25) is 0 Å². The van der Waals surface area contributed by atoms with Crippen molar-refractivity contribution in [3.63, 3.8) is 0 Å². The summed E-state index contributed by atoms with van der Waals surface area (Å²) in [6.45, 7) is 5.34. The molecule has 1 aromatic heterocycles. The number of imidazole rings is 1. The van der Waals surface area contributed by atoms with Crippen LogP contribution < -0.4 is 0 Å². The summed E-state index contributed by atoms with van der Waals surface area (Å²) in [4.78, 5) is 4.21. The quantitative estimate of drug-likeness (QED) is 0.728. The van der Waals surface area contributed by atoms with E-state index in [1.54, 1.807) is 0 Å². The summed E-state index contributed by atoms with van der Waals surface area (Å²) in [6.07, 6.45) is 5.67. The van der Waals surface area contributed by atoms with Crippen molar-refractivity contribution >= 4 is 15.9 Å². The molecule has 0 amide bonds. The lowest BCUT2D eigenvalue weighted by Crippen LogP contribution is -2.00. The molecule has 0 aliphatic heterocycles. The first kappa shape index (κ1) is 9.78. The Morgan fingerprint density at radius 1 is 1.50 bits per heavy atom. The molecule has 3 heteroatoms. The third kappa shape index (κ3) is 2.34. The lowest BCUT2D eigenvalue weighted by Gasteiger charge is -2.05. The van der Waals surface area contributed by atoms with E-state index in [0.29, 0.717) is 0 Å². The maximum Gasteiger partial charge on any atom is 0.106 e. The Bertz CT molecular complexity index is 223. The Labute approximate surface area is 82.1 Å². The minimum atomic E-state index is 1.08. The summed E-state index contributed by atoms with van der Waals surface area (Å²) in [5, 5.41) is 0. The average molecular weight is 231 g/mol. The molecule has 0 saturated carbocycles. The van der Waals surface area contributed by atoms with E-state index in [9.17, 15) is 0 Å². The van der Waals surface area contributed by atoms with Gasteiger partial charge >= 0.3 is 0 Å². The van der Waals surface area contributed by atoms with E-state index in [4.69, 9.17) is 0 Å². The Hall–Kier alpha value is -0.310. The molecule has 1 aromatic rings. The lowest BCUT2D eigenvalue weighted by atomic mass is 10.2. The van der Waals surface area contributed by atoms with Gasteiger partial charge in [0.2, 0.25) is 0 Å².